The van der Waals surface area contributed by atoms with E-state index in [0.29, 0.717) is 5.69 Å². The summed E-state index contributed by atoms with van der Waals surface area (Å²) >= 11 is 0. The van der Waals surface area contributed by atoms with Crippen LogP contribution in [0.5, 0.6) is 0 Å². The SMILES string of the molecule is Cc1nn(CC(=O)N(C)C)cc1N. The van der Waals surface area contributed by atoms with Crippen LogP contribution in [-0.4, -0.2) is 34.7 Å². The van der Waals surface area contributed by atoms with Crippen LogP contribution in [0.1, 0.15) is 5.69 Å². The second-order valence-electron chi connectivity index (χ2n) is 3.16. The predicted octanol–water partition coefficient (Wildman–Crippen LogP) is -0.138. The molecule has 72 valence electrons. The number of nitrogens with two attached hydrogens (primary N) is 1. The Labute approximate surface area is 77.1 Å². The zero-order chi connectivity index (χ0) is 10.0. The second kappa shape index (κ2) is 3.47. The summed E-state index contributed by atoms with van der Waals surface area (Å²) < 4.78 is 1.55. The van der Waals surface area contributed by atoms with Gasteiger partial charge < -0.3 is 10.6 Å². The van der Waals surface area contributed by atoms with E-state index in [1.165, 1.54) is 4.90 Å². The quantitative estimate of drug-likeness (QED) is 0.692. The minimum Gasteiger partial charge on any atom is -0.396 e. The highest BCUT2D eigenvalue weighted by atomic mass is 16.2. The summed E-state index contributed by atoms with van der Waals surface area (Å²) in [5, 5.41) is 4.08. The zero-order valence-electron chi connectivity index (χ0n) is 8.11. The van der Waals surface area contributed by atoms with E-state index < -0.39 is 0 Å². The molecule has 0 atom stereocenters. The number of likely N-dealkylation sites (N-methyl/N-ethyl adjacent to an activating group) is 1. The maximum absolute atomic E-state index is 11.3. The lowest BCUT2D eigenvalue weighted by Gasteiger charge is -2.09. The molecule has 0 spiro atoms. The molecule has 0 bridgehead atoms. The molecule has 5 heteroatoms. The Balaban J connectivity index is 2.70. The first kappa shape index (κ1) is 9.57. The molecule has 0 aliphatic carbocycles. The third kappa shape index (κ3) is 2.21. The van der Waals surface area contributed by atoms with E-state index in [1.807, 2.05) is 6.92 Å². The molecule has 1 heterocycles. The first-order chi connectivity index (χ1) is 6.00. The number of carbonyl (C=O) groups is 1. The summed E-state index contributed by atoms with van der Waals surface area (Å²) in [5.41, 5.74) is 6.96. The Morgan fingerprint density at radius 2 is 2.31 bits per heavy atom. The van der Waals surface area contributed by atoms with E-state index in [0.717, 1.165) is 5.69 Å². The number of amides is 1. The number of nitrogens with zero attached hydrogens (tertiary/aromatic N) is 3. The molecule has 0 radical (unpaired) electrons. The van der Waals surface area contributed by atoms with E-state index in [1.54, 1.807) is 25.0 Å². The number of rotatable bonds is 2. The molecule has 0 saturated heterocycles. The van der Waals surface area contributed by atoms with E-state index in [2.05, 4.69) is 5.10 Å². The minimum atomic E-state index is 0.00231. The molecule has 0 aliphatic heterocycles. The van der Waals surface area contributed by atoms with Gasteiger partial charge in [-0.1, -0.05) is 0 Å². The molecule has 1 amide bonds. The topological polar surface area (TPSA) is 64.2 Å². The Morgan fingerprint density at radius 3 is 2.69 bits per heavy atom. The van der Waals surface area contributed by atoms with Gasteiger partial charge in [-0.2, -0.15) is 5.10 Å². The van der Waals surface area contributed by atoms with Gasteiger partial charge >= 0.3 is 0 Å². The van der Waals surface area contributed by atoms with Crippen molar-refractivity contribution in [2.75, 3.05) is 19.8 Å². The number of carbonyl (C=O) groups excluding carboxylic acids is 1. The van der Waals surface area contributed by atoms with E-state index >= 15 is 0 Å². The first-order valence-electron chi connectivity index (χ1n) is 4.00. The monoisotopic (exact) mass is 182 g/mol. The molecule has 5 nitrogen and oxygen atoms in total. The molecule has 1 aromatic rings. The van der Waals surface area contributed by atoms with Gasteiger partial charge in [0.05, 0.1) is 11.4 Å². The van der Waals surface area contributed by atoms with Crippen molar-refractivity contribution in [1.82, 2.24) is 14.7 Å². The summed E-state index contributed by atoms with van der Waals surface area (Å²) in [6.45, 7) is 2.05. The van der Waals surface area contributed by atoms with Crippen molar-refractivity contribution in [2.45, 2.75) is 13.5 Å². The Hall–Kier alpha value is -1.52. The molecule has 1 aromatic heterocycles. The third-order valence-corrected chi connectivity index (χ3v) is 1.78. The lowest BCUT2D eigenvalue weighted by molar-refractivity contribution is -0.129. The van der Waals surface area contributed by atoms with Gasteiger partial charge in [0.2, 0.25) is 5.91 Å². The molecule has 2 N–H and O–H groups in total. The van der Waals surface area contributed by atoms with Crippen molar-refractivity contribution in [3.8, 4) is 0 Å². The predicted molar refractivity (Wildman–Crippen MR) is 50.1 cm³/mol. The van der Waals surface area contributed by atoms with Crippen LogP contribution in [0, 0.1) is 6.92 Å². The molecular formula is C8H14N4O. The summed E-state index contributed by atoms with van der Waals surface area (Å²) in [6, 6.07) is 0. The van der Waals surface area contributed by atoms with Crippen LogP contribution in [0.25, 0.3) is 0 Å². The first-order valence-corrected chi connectivity index (χ1v) is 4.00. The fraction of sp³-hybridized carbons (Fsp3) is 0.500. The van der Waals surface area contributed by atoms with E-state index in [9.17, 15) is 4.79 Å². The average Bonchev–Trinajstić information content (AvgIpc) is 2.31. The van der Waals surface area contributed by atoms with Crippen LogP contribution in [-0.2, 0) is 11.3 Å². The van der Waals surface area contributed by atoms with Crippen LogP contribution in [0.15, 0.2) is 6.20 Å². The van der Waals surface area contributed by atoms with Gasteiger partial charge in [0.15, 0.2) is 0 Å². The number of hydrogen-bond donors (Lipinski definition) is 1. The van der Waals surface area contributed by atoms with Gasteiger partial charge in [-0.25, -0.2) is 0 Å². The van der Waals surface area contributed by atoms with Gasteiger partial charge in [-0.15, -0.1) is 0 Å². The molecule has 0 fully saturated rings. The smallest absolute Gasteiger partial charge is 0.243 e. The molecular weight excluding hydrogens is 168 g/mol. The largest absolute Gasteiger partial charge is 0.396 e. The number of aromatic nitrogens is 2. The number of nitrogen functional groups attached to an aromatic ring is 1. The average molecular weight is 182 g/mol. The summed E-state index contributed by atoms with van der Waals surface area (Å²) in [7, 11) is 3.42. The van der Waals surface area contributed by atoms with Gasteiger partial charge in [-0.3, -0.25) is 9.48 Å². The van der Waals surface area contributed by atoms with Gasteiger partial charge in [0.1, 0.15) is 6.54 Å². The Kier molecular flexibility index (Phi) is 2.55. The lowest BCUT2D eigenvalue weighted by Crippen LogP contribution is -2.26. The number of aryl methyl sites for hydroxylation is 1. The summed E-state index contributed by atoms with van der Waals surface area (Å²) in [5.74, 6) is 0.00231. The summed E-state index contributed by atoms with van der Waals surface area (Å²) in [4.78, 5) is 12.8. The highest BCUT2D eigenvalue weighted by Crippen LogP contribution is 2.06. The van der Waals surface area contributed by atoms with Gasteiger partial charge in [0.25, 0.3) is 0 Å². The minimum absolute atomic E-state index is 0.00231. The highest BCUT2D eigenvalue weighted by molar-refractivity contribution is 5.75. The summed E-state index contributed by atoms with van der Waals surface area (Å²) in [6.07, 6.45) is 1.66. The lowest BCUT2D eigenvalue weighted by atomic mass is 10.4. The van der Waals surface area contributed by atoms with Crippen molar-refractivity contribution >= 4 is 11.6 Å². The number of anilines is 1. The second-order valence-corrected chi connectivity index (χ2v) is 3.16. The molecule has 0 unspecified atom stereocenters. The highest BCUT2D eigenvalue weighted by Gasteiger charge is 2.07. The Bertz CT molecular complexity index is 296. The molecule has 0 aromatic carbocycles. The fourth-order valence-corrected chi connectivity index (χ4v) is 0.894. The molecule has 13 heavy (non-hydrogen) atoms. The maximum Gasteiger partial charge on any atom is 0.243 e. The third-order valence-electron chi connectivity index (χ3n) is 1.78. The van der Waals surface area contributed by atoms with Crippen LogP contribution in [0.4, 0.5) is 5.69 Å². The van der Waals surface area contributed by atoms with Crippen LogP contribution in [0.2, 0.25) is 0 Å². The number of hydrogen-bond acceptors (Lipinski definition) is 3. The Morgan fingerprint density at radius 1 is 1.69 bits per heavy atom. The zero-order valence-corrected chi connectivity index (χ0v) is 8.11. The van der Waals surface area contributed by atoms with Crippen molar-refractivity contribution in [2.24, 2.45) is 0 Å². The van der Waals surface area contributed by atoms with Crippen LogP contribution in [0.3, 0.4) is 0 Å². The molecule has 0 aliphatic rings. The van der Waals surface area contributed by atoms with Crippen molar-refractivity contribution < 1.29 is 4.79 Å². The molecule has 1 rings (SSSR count). The normalized spacial score (nSPS) is 10.1. The van der Waals surface area contributed by atoms with Crippen molar-refractivity contribution in [3.63, 3.8) is 0 Å². The van der Waals surface area contributed by atoms with Crippen LogP contribution < -0.4 is 5.73 Å². The molecule has 0 saturated carbocycles. The van der Waals surface area contributed by atoms with Crippen molar-refractivity contribution in [1.29, 1.82) is 0 Å². The van der Waals surface area contributed by atoms with E-state index in [4.69, 9.17) is 5.73 Å². The fourth-order valence-electron chi connectivity index (χ4n) is 0.894. The van der Waals surface area contributed by atoms with Crippen LogP contribution >= 0.6 is 0 Å². The van der Waals surface area contributed by atoms with E-state index in [-0.39, 0.29) is 12.5 Å². The van der Waals surface area contributed by atoms with Gasteiger partial charge in [0, 0.05) is 20.3 Å². The van der Waals surface area contributed by atoms with Crippen molar-refractivity contribution in [3.05, 3.63) is 11.9 Å². The van der Waals surface area contributed by atoms with Gasteiger partial charge in [-0.05, 0) is 6.92 Å². The maximum atomic E-state index is 11.3. The standard InChI is InChI=1S/C8H14N4O/c1-6-7(9)4-12(10-6)5-8(13)11(2)3/h4H,5,9H2,1-3H3.